The molecule has 0 bridgehead atoms. The van der Waals surface area contributed by atoms with Crippen molar-refractivity contribution in [2.75, 3.05) is 6.54 Å². The summed E-state index contributed by atoms with van der Waals surface area (Å²) >= 11 is 11.5. The van der Waals surface area contributed by atoms with Crippen LogP contribution in [0.15, 0.2) is 12.1 Å². The van der Waals surface area contributed by atoms with Gasteiger partial charge in [0.05, 0.1) is 5.02 Å². The minimum Gasteiger partial charge on any atom is -0.310 e. The van der Waals surface area contributed by atoms with Gasteiger partial charge in [-0.1, -0.05) is 23.2 Å². The first-order valence-electron chi connectivity index (χ1n) is 6.15. The van der Waals surface area contributed by atoms with Gasteiger partial charge in [-0.05, 0) is 44.0 Å². The summed E-state index contributed by atoms with van der Waals surface area (Å²) < 4.78 is 49.2. The molecule has 20 heavy (non-hydrogen) atoms. The molecule has 1 unspecified atom stereocenters. The average molecular weight is 332 g/mol. The lowest BCUT2D eigenvalue weighted by molar-refractivity contribution is -0.135. The van der Waals surface area contributed by atoms with E-state index >= 15 is 0 Å². The van der Waals surface area contributed by atoms with Gasteiger partial charge < -0.3 is 5.32 Å². The van der Waals surface area contributed by atoms with Gasteiger partial charge in [0, 0.05) is 17.5 Å². The molecule has 114 valence electrons. The molecule has 0 aromatic heterocycles. The summed E-state index contributed by atoms with van der Waals surface area (Å²) in [5, 5.41) is 3.28. The van der Waals surface area contributed by atoms with E-state index < -0.39 is 18.4 Å². The van der Waals surface area contributed by atoms with Crippen molar-refractivity contribution < 1.29 is 17.6 Å². The topological polar surface area (TPSA) is 12.0 Å². The Morgan fingerprint density at radius 3 is 2.40 bits per heavy atom. The van der Waals surface area contributed by atoms with Gasteiger partial charge >= 0.3 is 6.18 Å². The summed E-state index contributed by atoms with van der Waals surface area (Å²) in [6.45, 7) is 2.16. The first-order valence-corrected chi connectivity index (χ1v) is 6.91. The van der Waals surface area contributed by atoms with Crippen LogP contribution in [-0.4, -0.2) is 12.7 Å². The van der Waals surface area contributed by atoms with Crippen molar-refractivity contribution in [3.05, 3.63) is 33.6 Å². The summed E-state index contributed by atoms with van der Waals surface area (Å²) in [5.74, 6) is -0.572. The molecule has 1 atom stereocenters. The maximum Gasteiger partial charge on any atom is 0.389 e. The van der Waals surface area contributed by atoms with Crippen molar-refractivity contribution in [2.45, 2.75) is 38.4 Å². The lowest BCUT2D eigenvalue weighted by Crippen LogP contribution is -2.21. The number of unbranched alkanes of at least 4 members (excludes halogenated alkanes) is 1. The van der Waals surface area contributed by atoms with Crippen LogP contribution in [-0.2, 0) is 0 Å². The molecule has 0 aliphatic rings. The summed E-state index contributed by atoms with van der Waals surface area (Å²) in [7, 11) is 0. The van der Waals surface area contributed by atoms with E-state index in [1.165, 1.54) is 12.1 Å². The number of benzene rings is 1. The molecule has 0 spiro atoms. The Morgan fingerprint density at radius 2 is 1.80 bits per heavy atom. The second kappa shape index (κ2) is 7.48. The molecule has 1 N–H and O–H groups in total. The quantitative estimate of drug-likeness (QED) is 0.411. The van der Waals surface area contributed by atoms with Gasteiger partial charge in [0.15, 0.2) is 0 Å². The molecule has 0 saturated carbocycles. The Morgan fingerprint density at radius 1 is 1.15 bits per heavy atom. The lowest BCUT2D eigenvalue weighted by Gasteiger charge is -2.16. The highest BCUT2D eigenvalue weighted by molar-refractivity contribution is 6.35. The molecular formula is C13H15Cl2F4N. The van der Waals surface area contributed by atoms with Crippen molar-refractivity contribution in [3.8, 4) is 0 Å². The predicted octanol–water partition coefficient (Wildman–Crippen LogP) is 5.52. The summed E-state index contributed by atoms with van der Waals surface area (Å²) in [6.07, 6.45) is -4.46. The maximum atomic E-state index is 13.4. The zero-order chi connectivity index (χ0) is 15.3. The third-order valence-electron chi connectivity index (χ3n) is 2.84. The number of nitrogens with one attached hydrogen (secondary N) is 1. The molecule has 1 aromatic carbocycles. The molecule has 1 rings (SSSR count). The lowest BCUT2D eigenvalue weighted by atomic mass is 10.1. The minimum atomic E-state index is -4.12. The normalized spacial score (nSPS) is 13.6. The molecule has 0 saturated heterocycles. The Hall–Kier alpha value is -0.520. The summed E-state index contributed by atoms with van der Waals surface area (Å²) in [4.78, 5) is 0. The standard InChI is InChI=1S/C13H15Cl2F4N/c1-8(20-5-3-2-4-13(17,18)19)9-6-12(16)11(15)7-10(9)14/h6-8,20H,2-5H2,1H3. The van der Waals surface area contributed by atoms with Crippen LogP contribution in [0, 0.1) is 5.82 Å². The van der Waals surface area contributed by atoms with Crippen molar-refractivity contribution in [1.82, 2.24) is 5.32 Å². The zero-order valence-electron chi connectivity index (χ0n) is 10.8. The molecule has 0 radical (unpaired) electrons. The molecule has 0 heterocycles. The molecule has 0 aliphatic carbocycles. The van der Waals surface area contributed by atoms with E-state index in [1.54, 1.807) is 6.92 Å². The van der Waals surface area contributed by atoms with Crippen LogP contribution < -0.4 is 5.32 Å². The van der Waals surface area contributed by atoms with Gasteiger partial charge in [-0.2, -0.15) is 13.2 Å². The molecular weight excluding hydrogens is 317 g/mol. The zero-order valence-corrected chi connectivity index (χ0v) is 12.3. The molecule has 7 heteroatoms. The van der Waals surface area contributed by atoms with Crippen LogP contribution in [0.2, 0.25) is 10.0 Å². The maximum absolute atomic E-state index is 13.4. The fourth-order valence-electron chi connectivity index (χ4n) is 1.75. The fraction of sp³-hybridized carbons (Fsp3) is 0.538. The summed E-state index contributed by atoms with van der Waals surface area (Å²) in [6, 6.07) is 2.29. The van der Waals surface area contributed by atoms with Crippen molar-refractivity contribution in [3.63, 3.8) is 0 Å². The molecule has 0 fully saturated rings. The molecule has 1 aromatic rings. The van der Waals surface area contributed by atoms with E-state index in [2.05, 4.69) is 5.32 Å². The highest BCUT2D eigenvalue weighted by atomic mass is 35.5. The van der Waals surface area contributed by atoms with Crippen LogP contribution in [0.4, 0.5) is 17.6 Å². The smallest absolute Gasteiger partial charge is 0.310 e. The first kappa shape index (κ1) is 17.5. The van der Waals surface area contributed by atoms with E-state index in [4.69, 9.17) is 23.2 Å². The van der Waals surface area contributed by atoms with E-state index in [0.717, 1.165) is 0 Å². The van der Waals surface area contributed by atoms with Gasteiger partial charge in [0.1, 0.15) is 5.82 Å². The van der Waals surface area contributed by atoms with E-state index in [0.29, 0.717) is 23.6 Å². The van der Waals surface area contributed by atoms with Crippen molar-refractivity contribution in [2.24, 2.45) is 0 Å². The Kier molecular flexibility index (Phi) is 6.55. The van der Waals surface area contributed by atoms with E-state index in [9.17, 15) is 17.6 Å². The molecule has 1 nitrogen and oxygen atoms in total. The second-order valence-corrected chi connectivity index (χ2v) is 5.35. The van der Waals surface area contributed by atoms with Gasteiger partial charge in [0.2, 0.25) is 0 Å². The third-order valence-corrected chi connectivity index (χ3v) is 3.46. The van der Waals surface area contributed by atoms with Crippen molar-refractivity contribution in [1.29, 1.82) is 0 Å². The van der Waals surface area contributed by atoms with E-state index in [-0.39, 0.29) is 17.5 Å². The number of alkyl halides is 3. The second-order valence-electron chi connectivity index (χ2n) is 4.54. The molecule has 0 amide bonds. The van der Waals surface area contributed by atoms with Gasteiger partial charge in [-0.15, -0.1) is 0 Å². The van der Waals surface area contributed by atoms with Gasteiger partial charge in [0.25, 0.3) is 0 Å². The number of hydrogen-bond donors (Lipinski definition) is 1. The number of hydrogen-bond acceptors (Lipinski definition) is 1. The summed E-state index contributed by atoms with van der Waals surface area (Å²) in [5.41, 5.74) is 0.532. The Bertz CT molecular complexity index is 449. The van der Waals surface area contributed by atoms with Crippen LogP contribution in [0.5, 0.6) is 0 Å². The highest BCUT2D eigenvalue weighted by Gasteiger charge is 2.25. The predicted molar refractivity (Wildman–Crippen MR) is 72.7 cm³/mol. The van der Waals surface area contributed by atoms with Gasteiger partial charge in [-0.25, -0.2) is 4.39 Å². The third kappa shape index (κ3) is 5.85. The number of halogens is 6. The highest BCUT2D eigenvalue weighted by Crippen LogP contribution is 2.28. The average Bonchev–Trinajstić information content (AvgIpc) is 2.31. The largest absolute Gasteiger partial charge is 0.389 e. The van der Waals surface area contributed by atoms with Crippen molar-refractivity contribution >= 4 is 23.2 Å². The van der Waals surface area contributed by atoms with Crippen LogP contribution in [0.1, 0.15) is 37.8 Å². The monoisotopic (exact) mass is 331 g/mol. The van der Waals surface area contributed by atoms with Crippen LogP contribution in [0.25, 0.3) is 0 Å². The SMILES string of the molecule is CC(NCCCCC(F)(F)F)c1cc(F)c(Cl)cc1Cl. The van der Waals surface area contributed by atoms with Crippen LogP contribution in [0.3, 0.4) is 0 Å². The fourth-order valence-corrected chi connectivity index (χ4v) is 2.30. The van der Waals surface area contributed by atoms with Gasteiger partial charge in [-0.3, -0.25) is 0 Å². The Labute approximate surface area is 125 Å². The van der Waals surface area contributed by atoms with Crippen LogP contribution >= 0.6 is 23.2 Å². The first-order chi connectivity index (χ1) is 9.20. The number of rotatable bonds is 6. The molecule has 0 aliphatic heterocycles. The Balaban J connectivity index is 2.44. The minimum absolute atomic E-state index is 0.0591. The van der Waals surface area contributed by atoms with E-state index in [1.807, 2.05) is 0 Å².